The van der Waals surface area contributed by atoms with E-state index in [0.29, 0.717) is 12.8 Å². The Bertz CT molecular complexity index is 430. The molecule has 2 amide bonds. The minimum atomic E-state index is -1.24. The van der Waals surface area contributed by atoms with Crippen LogP contribution in [-0.2, 0) is 19.2 Å². The molecule has 0 aliphatic carbocycles. The number of imide groups is 1. The summed E-state index contributed by atoms with van der Waals surface area (Å²) in [5, 5.41) is 17.7. The van der Waals surface area contributed by atoms with Crippen molar-refractivity contribution >= 4 is 23.8 Å². The van der Waals surface area contributed by atoms with E-state index < -0.39 is 37.0 Å². The van der Waals surface area contributed by atoms with Crippen LogP contribution in [0.5, 0.6) is 0 Å². The molecule has 1 aliphatic heterocycles. The van der Waals surface area contributed by atoms with Crippen LogP contribution in [0.25, 0.3) is 0 Å². The normalized spacial score (nSPS) is 18.9. The van der Waals surface area contributed by atoms with Crippen molar-refractivity contribution in [1.82, 2.24) is 9.80 Å². The Morgan fingerprint density at radius 1 is 1.19 bits per heavy atom. The summed E-state index contributed by atoms with van der Waals surface area (Å²) in [7, 11) is 0. The lowest BCUT2D eigenvalue weighted by Crippen LogP contribution is -2.48. The number of hydrogen-bond acceptors (Lipinski definition) is 5. The number of nitrogens with zero attached hydrogens (tertiary/aromatic N) is 2. The lowest BCUT2D eigenvalue weighted by molar-refractivity contribution is -0.145. The third-order valence-corrected chi connectivity index (χ3v) is 3.58. The van der Waals surface area contributed by atoms with Crippen LogP contribution in [0.3, 0.4) is 0 Å². The van der Waals surface area contributed by atoms with E-state index in [0.717, 1.165) is 9.80 Å². The summed E-state index contributed by atoms with van der Waals surface area (Å²) in [5.74, 6) is -3.36. The minimum absolute atomic E-state index is 0.171. The Balaban J connectivity index is 2.95. The van der Waals surface area contributed by atoms with E-state index in [1.54, 1.807) is 0 Å². The number of aliphatic carboxylic acids is 2. The van der Waals surface area contributed by atoms with Gasteiger partial charge in [0.2, 0.25) is 11.8 Å². The van der Waals surface area contributed by atoms with Crippen LogP contribution in [-0.4, -0.2) is 68.9 Å². The maximum atomic E-state index is 12.4. The predicted molar refractivity (Wildman–Crippen MR) is 71.5 cm³/mol. The monoisotopic (exact) mass is 300 g/mol. The molecular weight excluding hydrogens is 280 g/mol. The summed E-state index contributed by atoms with van der Waals surface area (Å²) in [6.45, 7) is 2.53. The van der Waals surface area contributed by atoms with Crippen molar-refractivity contribution in [2.24, 2.45) is 0 Å². The molecule has 0 radical (unpaired) electrons. The first kappa shape index (κ1) is 17.1. The zero-order chi connectivity index (χ0) is 16.2. The van der Waals surface area contributed by atoms with Crippen LogP contribution in [0.15, 0.2) is 0 Å². The molecule has 2 N–H and O–H groups in total. The molecule has 0 aromatic heterocycles. The molecule has 8 nitrogen and oxygen atoms in total. The third-order valence-electron chi connectivity index (χ3n) is 3.58. The zero-order valence-corrected chi connectivity index (χ0v) is 12.1. The number of likely N-dealkylation sites (tertiary alicyclic amines) is 1. The number of carbonyl (C=O) groups excluding carboxylic acids is 2. The van der Waals surface area contributed by atoms with Gasteiger partial charge in [0, 0.05) is 6.04 Å². The van der Waals surface area contributed by atoms with Crippen LogP contribution >= 0.6 is 0 Å². The first-order valence-corrected chi connectivity index (χ1v) is 6.85. The first-order chi connectivity index (χ1) is 9.81. The quantitative estimate of drug-likeness (QED) is 0.595. The lowest BCUT2D eigenvalue weighted by Gasteiger charge is -2.27. The van der Waals surface area contributed by atoms with Gasteiger partial charge in [-0.1, -0.05) is 13.8 Å². The molecule has 21 heavy (non-hydrogen) atoms. The number of carbonyl (C=O) groups is 4. The highest BCUT2D eigenvalue weighted by atomic mass is 16.4. The smallest absolute Gasteiger partial charge is 0.317 e. The maximum Gasteiger partial charge on any atom is 0.317 e. The largest absolute Gasteiger partial charge is 0.480 e. The molecule has 1 rings (SSSR count). The molecule has 0 bridgehead atoms. The van der Waals surface area contributed by atoms with Gasteiger partial charge in [0.1, 0.15) is 0 Å². The van der Waals surface area contributed by atoms with E-state index in [1.165, 1.54) is 0 Å². The summed E-state index contributed by atoms with van der Waals surface area (Å²) < 4.78 is 0. The Hall–Kier alpha value is -1.96. The Labute approximate surface area is 122 Å². The molecule has 1 fully saturated rings. The number of hydrogen-bond donors (Lipinski definition) is 2. The van der Waals surface area contributed by atoms with E-state index in [2.05, 4.69) is 0 Å². The molecule has 118 valence electrons. The second-order valence-corrected chi connectivity index (χ2v) is 4.98. The number of rotatable bonds is 8. The number of amides is 2. The zero-order valence-electron chi connectivity index (χ0n) is 12.1. The summed E-state index contributed by atoms with van der Waals surface area (Å²) in [4.78, 5) is 48.2. The van der Waals surface area contributed by atoms with Crippen molar-refractivity contribution in [3.05, 3.63) is 0 Å². The van der Waals surface area contributed by atoms with Gasteiger partial charge in [-0.05, 0) is 12.8 Å². The van der Waals surface area contributed by atoms with Crippen molar-refractivity contribution in [3.63, 3.8) is 0 Å². The van der Waals surface area contributed by atoms with Crippen LogP contribution in [0, 0.1) is 0 Å². The molecule has 1 unspecified atom stereocenters. The molecule has 0 saturated carbocycles. The molecule has 0 aromatic rings. The van der Waals surface area contributed by atoms with Crippen LogP contribution < -0.4 is 0 Å². The lowest BCUT2D eigenvalue weighted by atomic mass is 10.1. The van der Waals surface area contributed by atoms with Crippen LogP contribution in [0.4, 0.5) is 0 Å². The highest BCUT2D eigenvalue weighted by molar-refractivity contribution is 6.06. The number of carboxylic acid groups (broad SMARTS) is 2. The fraction of sp³-hybridized carbons (Fsp3) is 0.692. The fourth-order valence-electron chi connectivity index (χ4n) is 2.58. The van der Waals surface area contributed by atoms with Gasteiger partial charge in [0.05, 0.1) is 25.6 Å². The van der Waals surface area contributed by atoms with E-state index in [1.807, 2.05) is 13.8 Å². The van der Waals surface area contributed by atoms with Gasteiger partial charge in [-0.25, -0.2) is 0 Å². The van der Waals surface area contributed by atoms with Crippen molar-refractivity contribution < 1.29 is 29.4 Å². The average molecular weight is 300 g/mol. The first-order valence-electron chi connectivity index (χ1n) is 6.85. The van der Waals surface area contributed by atoms with Crippen LogP contribution in [0.2, 0.25) is 0 Å². The summed E-state index contributed by atoms with van der Waals surface area (Å²) >= 11 is 0. The van der Waals surface area contributed by atoms with Gasteiger partial charge >= 0.3 is 11.9 Å². The van der Waals surface area contributed by atoms with Crippen molar-refractivity contribution in [1.29, 1.82) is 0 Å². The highest BCUT2D eigenvalue weighted by Crippen LogP contribution is 2.23. The van der Waals surface area contributed by atoms with E-state index >= 15 is 0 Å². The van der Waals surface area contributed by atoms with Gasteiger partial charge in [0.15, 0.2) is 0 Å². The van der Waals surface area contributed by atoms with Gasteiger partial charge in [-0.2, -0.15) is 0 Å². The van der Waals surface area contributed by atoms with Crippen LogP contribution in [0.1, 0.15) is 33.1 Å². The van der Waals surface area contributed by atoms with Crippen molar-refractivity contribution in [3.8, 4) is 0 Å². The van der Waals surface area contributed by atoms with Gasteiger partial charge in [0.25, 0.3) is 0 Å². The molecule has 8 heteroatoms. The van der Waals surface area contributed by atoms with Crippen molar-refractivity contribution in [2.75, 3.05) is 13.1 Å². The standard InChI is InChI=1S/C13H20N2O6/c1-3-8(4-2)15-10(16)5-9(13(15)21)14(6-11(17)18)7-12(19)20/h8-9H,3-7H2,1-2H3,(H,17,18)(H,19,20). The fourth-order valence-corrected chi connectivity index (χ4v) is 2.58. The molecule has 1 aliphatic rings. The SMILES string of the molecule is CCC(CC)N1C(=O)CC(N(CC(=O)O)CC(=O)O)C1=O. The summed E-state index contributed by atoms with van der Waals surface area (Å²) in [5.41, 5.74) is 0. The van der Waals surface area contributed by atoms with Gasteiger partial charge in [-0.3, -0.25) is 29.0 Å². The van der Waals surface area contributed by atoms with Gasteiger partial charge < -0.3 is 10.2 Å². The van der Waals surface area contributed by atoms with Gasteiger partial charge in [-0.15, -0.1) is 0 Å². The second-order valence-electron chi connectivity index (χ2n) is 4.98. The average Bonchev–Trinajstić information content (AvgIpc) is 2.66. The van der Waals surface area contributed by atoms with E-state index in [4.69, 9.17) is 10.2 Å². The topological polar surface area (TPSA) is 115 Å². The molecule has 1 atom stereocenters. The molecule has 0 aromatic carbocycles. The van der Waals surface area contributed by atoms with Crippen molar-refractivity contribution in [2.45, 2.75) is 45.2 Å². The van der Waals surface area contributed by atoms with E-state index in [9.17, 15) is 19.2 Å². The predicted octanol–water partition coefficient (Wildman–Crippen LogP) is -0.226. The third kappa shape index (κ3) is 4.01. The molecule has 1 saturated heterocycles. The molecule has 1 heterocycles. The molecular formula is C13H20N2O6. The Morgan fingerprint density at radius 3 is 2.05 bits per heavy atom. The summed E-state index contributed by atoms with van der Waals surface area (Å²) in [6.07, 6.45) is 1.05. The number of carboxylic acids is 2. The highest BCUT2D eigenvalue weighted by Gasteiger charge is 2.44. The molecule has 0 spiro atoms. The minimum Gasteiger partial charge on any atom is -0.480 e. The second kappa shape index (κ2) is 7.16. The summed E-state index contributed by atoms with van der Waals surface area (Å²) in [6, 6.07) is -1.24. The maximum absolute atomic E-state index is 12.4. The Morgan fingerprint density at radius 2 is 1.67 bits per heavy atom. The van der Waals surface area contributed by atoms with E-state index in [-0.39, 0.29) is 18.4 Å². The Kier molecular flexibility index (Phi) is 5.83.